The third-order valence-corrected chi connectivity index (χ3v) is 3.25. The Labute approximate surface area is 113 Å². The monoisotopic (exact) mass is 248 g/mol. The Hall–Kier alpha value is -0.980. The van der Waals surface area contributed by atoms with Gasteiger partial charge in [0.25, 0.3) is 0 Å². The van der Waals surface area contributed by atoms with E-state index in [2.05, 4.69) is 52.8 Å². The minimum atomic E-state index is -0.00551. The molecule has 1 aliphatic rings. The van der Waals surface area contributed by atoms with Crippen molar-refractivity contribution in [2.45, 2.75) is 72.3 Å². The molecule has 0 fully saturated rings. The van der Waals surface area contributed by atoms with Crippen molar-refractivity contribution < 1.29 is 4.74 Å². The van der Waals surface area contributed by atoms with Gasteiger partial charge in [-0.05, 0) is 31.9 Å². The average molecular weight is 248 g/mol. The molecule has 0 unspecified atom stereocenters. The number of para-hydroxylation sites is 1. The number of rotatable bonds is 3. The Kier molecular flexibility index (Phi) is 5.71. The molecule has 0 atom stereocenters. The summed E-state index contributed by atoms with van der Waals surface area (Å²) < 4.78 is 5.83. The zero-order valence-corrected chi connectivity index (χ0v) is 12.7. The second-order valence-electron chi connectivity index (χ2n) is 5.81. The van der Waals surface area contributed by atoms with E-state index in [1.165, 1.54) is 36.8 Å². The van der Waals surface area contributed by atoms with Crippen molar-refractivity contribution in [3.05, 3.63) is 29.3 Å². The molecule has 0 aliphatic carbocycles. The number of ether oxygens (including phenoxy) is 1. The third kappa shape index (κ3) is 4.36. The summed E-state index contributed by atoms with van der Waals surface area (Å²) >= 11 is 0. The smallest absolute Gasteiger partial charge is 0.126 e. The first kappa shape index (κ1) is 15.1. The van der Waals surface area contributed by atoms with E-state index in [4.69, 9.17) is 4.74 Å². The molecule has 0 bridgehead atoms. The largest absolute Gasteiger partial charge is 0.487 e. The third-order valence-electron chi connectivity index (χ3n) is 3.25. The maximum absolute atomic E-state index is 5.83. The summed E-state index contributed by atoms with van der Waals surface area (Å²) in [6.45, 7) is 10.8. The quantitative estimate of drug-likeness (QED) is 0.660. The molecule has 1 heteroatoms. The van der Waals surface area contributed by atoms with Gasteiger partial charge in [0.1, 0.15) is 11.4 Å². The summed E-state index contributed by atoms with van der Waals surface area (Å²) in [5.41, 5.74) is 2.59. The first-order valence-electron chi connectivity index (χ1n) is 7.27. The summed E-state index contributed by atoms with van der Waals surface area (Å²) in [5, 5.41) is 0. The van der Waals surface area contributed by atoms with Crippen LogP contribution in [0.4, 0.5) is 0 Å². The van der Waals surface area contributed by atoms with Crippen LogP contribution in [0.3, 0.4) is 0 Å². The van der Waals surface area contributed by atoms with Crippen molar-refractivity contribution in [3.8, 4) is 5.75 Å². The van der Waals surface area contributed by atoms with E-state index >= 15 is 0 Å². The molecule has 0 spiro atoms. The van der Waals surface area contributed by atoms with Crippen molar-refractivity contribution in [1.29, 1.82) is 0 Å². The van der Waals surface area contributed by atoms with Crippen LogP contribution < -0.4 is 4.74 Å². The molecule has 1 aromatic rings. The zero-order valence-electron chi connectivity index (χ0n) is 12.7. The predicted molar refractivity (Wildman–Crippen MR) is 79.4 cm³/mol. The average Bonchev–Trinajstić information content (AvgIpc) is 2.63. The van der Waals surface area contributed by atoms with Gasteiger partial charge >= 0.3 is 0 Å². The molecule has 0 aromatic heterocycles. The summed E-state index contributed by atoms with van der Waals surface area (Å²) in [7, 11) is 0. The standard InChI is InChI=1S/C11H14O.C6H14/c1-8-5-4-6-9-7-11(2,3)12-10(8)9;1-3-5-6-4-2/h4-6H,7H2,1-3H3;3-6H2,1-2H3. The second kappa shape index (κ2) is 6.82. The first-order valence-corrected chi connectivity index (χ1v) is 7.27. The van der Waals surface area contributed by atoms with Crippen molar-refractivity contribution in [3.63, 3.8) is 0 Å². The van der Waals surface area contributed by atoms with Crippen molar-refractivity contribution in [2.24, 2.45) is 0 Å². The molecule has 2 rings (SSSR count). The summed E-state index contributed by atoms with van der Waals surface area (Å²) in [6, 6.07) is 6.34. The molecule has 1 aliphatic heterocycles. The van der Waals surface area contributed by atoms with Crippen LogP contribution >= 0.6 is 0 Å². The van der Waals surface area contributed by atoms with Gasteiger partial charge in [-0.3, -0.25) is 0 Å². The highest BCUT2D eigenvalue weighted by molar-refractivity contribution is 5.44. The molecule has 102 valence electrons. The second-order valence-corrected chi connectivity index (χ2v) is 5.81. The molecule has 18 heavy (non-hydrogen) atoms. The Balaban J connectivity index is 0.000000232. The van der Waals surface area contributed by atoms with Gasteiger partial charge in [0.05, 0.1) is 0 Å². The molecular formula is C17H28O. The maximum atomic E-state index is 5.83. The van der Waals surface area contributed by atoms with Gasteiger partial charge < -0.3 is 4.74 Å². The van der Waals surface area contributed by atoms with Crippen LogP contribution in [0.1, 0.15) is 64.5 Å². The number of benzene rings is 1. The topological polar surface area (TPSA) is 9.23 Å². The van der Waals surface area contributed by atoms with E-state index in [0.29, 0.717) is 0 Å². The molecule has 1 heterocycles. The lowest BCUT2D eigenvalue weighted by atomic mass is 10.0. The van der Waals surface area contributed by atoms with Crippen LogP contribution in [-0.2, 0) is 6.42 Å². The number of unbranched alkanes of at least 4 members (excludes halogenated alkanes) is 3. The fraction of sp³-hybridized carbons (Fsp3) is 0.647. The molecule has 0 amide bonds. The number of fused-ring (bicyclic) bond motifs is 1. The van der Waals surface area contributed by atoms with Gasteiger partial charge in [-0.15, -0.1) is 0 Å². The van der Waals surface area contributed by atoms with Crippen LogP contribution in [0.5, 0.6) is 5.75 Å². The van der Waals surface area contributed by atoms with Gasteiger partial charge in [-0.25, -0.2) is 0 Å². The molecule has 1 nitrogen and oxygen atoms in total. The molecule has 0 saturated heterocycles. The summed E-state index contributed by atoms with van der Waals surface area (Å²) in [5.74, 6) is 1.10. The Morgan fingerprint density at radius 1 is 1.11 bits per heavy atom. The lowest BCUT2D eigenvalue weighted by molar-refractivity contribution is 0.137. The Bertz CT molecular complexity index is 362. The highest BCUT2D eigenvalue weighted by atomic mass is 16.5. The van der Waals surface area contributed by atoms with E-state index < -0.39 is 0 Å². The number of hydrogen-bond donors (Lipinski definition) is 0. The summed E-state index contributed by atoms with van der Waals surface area (Å²) in [6.07, 6.45) is 6.57. The lowest BCUT2D eigenvalue weighted by Gasteiger charge is -2.17. The van der Waals surface area contributed by atoms with Crippen LogP contribution in [-0.4, -0.2) is 5.60 Å². The normalized spacial score (nSPS) is 15.4. The fourth-order valence-corrected chi connectivity index (χ4v) is 2.27. The van der Waals surface area contributed by atoms with Crippen molar-refractivity contribution >= 4 is 0 Å². The Morgan fingerprint density at radius 2 is 1.72 bits per heavy atom. The minimum absolute atomic E-state index is 0.00551. The fourth-order valence-electron chi connectivity index (χ4n) is 2.27. The molecule has 0 N–H and O–H groups in total. The predicted octanol–water partition coefficient (Wildman–Crippen LogP) is 5.30. The van der Waals surface area contributed by atoms with Crippen LogP contribution in [0.25, 0.3) is 0 Å². The van der Waals surface area contributed by atoms with E-state index in [9.17, 15) is 0 Å². The van der Waals surface area contributed by atoms with Gasteiger partial charge in [0.2, 0.25) is 0 Å². The SMILES string of the molecule is CCCCCC.Cc1cccc2c1OC(C)(C)C2. The summed E-state index contributed by atoms with van der Waals surface area (Å²) in [4.78, 5) is 0. The number of aryl methyl sites for hydroxylation is 1. The first-order chi connectivity index (χ1) is 8.50. The van der Waals surface area contributed by atoms with E-state index in [1.807, 2.05) is 0 Å². The van der Waals surface area contributed by atoms with Gasteiger partial charge in [0.15, 0.2) is 0 Å². The highest BCUT2D eigenvalue weighted by Gasteiger charge is 2.30. The van der Waals surface area contributed by atoms with E-state index in [0.717, 1.165) is 12.2 Å². The van der Waals surface area contributed by atoms with E-state index in [1.54, 1.807) is 0 Å². The van der Waals surface area contributed by atoms with Crippen LogP contribution in [0, 0.1) is 6.92 Å². The van der Waals surface area contributed by atoms with Crippen LogP contribution in [0.15, 0.2) is 18.2 Å². The Morgan fingerprint density at radius 3 is 2.22 bits per heavy atom. The molecule has 0 radical (unpaired) electrons. The van der Waals surface area contributed by atoms with Crippen LogP contribution in [0.2, 0.25) is 0 Å². The number of hydrogen-bond acceptors (Lipinski definition) is 1. The van der Waals surface area contributed by atoms with Gasteiger partial charge in [-0.1, -0.05) is 57.7 Å². The van der Waals surface area contributed by atoms with Gasteiger partial charge in [0, 0.05) is 6.42 Å². The zero-order chi connectivity index (χ0) is 13.6. The maximum Gasteiger partial charge on any atom is 0.126 e. The van der Waals surface area contributed by atoms with Gasteiger partial charge in [-0.2, -0.15) is 0 Å². The molecule has 0 saturated carbocycles. The molecular weight excluding hydrogens is 220 g/mol. The van der Waals surface area contributed by atoms with Crippen molar-refractivity contribution in [2.75, 3.05) is 0 Å². The van der Waals surface area contributed by atoms with Crippen molar-refractivity contribution in [1.82, 2.24) is 0 Å². The minimum Gasteiger partial charge on any atom is -0.487 e. The lowest BCUT2D eigenvalue weighted by Crippen LogP contribution is -2.24. The highest BCUT2D eigenvalue weighted by Crippen LogP contribution is 2.36. The molecule has 1 aromatic carbocycles. The van der Waals surface area contributed by atoms with E-state index in [-0.39, 0.29) is 5.60 Å².